The number of nitrogens with one attached hydrogen (secondary N) is 1. The molecule has 5 rings (SSSR count). The third kappa shape index (κ3) is 4.77. The molecule has 2 atom stereocenters. The number of amides is 1. The number of halogens is 1. The molecule has 1 fully saturated rings. The van der Waals surface area contributed by atoms with Gasteiger partial charge in [-0.25, -0.2) is 14.2 Å². The Bertz CT molecular complexity index is 1240. The van der Waals surface area contributed by atoms with Gasteiger partial charge in [0.1, 0.15) is 30.7 Å². The highest BCUT2D eigenvalue weighted by atomic mass is 19.1. The average Bonchev–Trinajstić information content (AvgIpc) is 3.28. The van der Waals surface area contributed by atoms with Crippen LogP contribution in [-0.2, 0) is 11.3 Å². The molecule has 2 aliphatic rings. The lowest BCUT2D eigenvalue weighted by Crippen LogP contribution is -2.40. The number of nitrogens with zero attached hydrogens (tertiary/aromatic N) is 3. The number of hydrogen-bond donors (Lipinski definition) is 2. The first-order chi connectivity index (χ1) is 17.0. The molecule has 35 heavy (non-hydrogen) atoms. The van der Waals surface area contributed by atoms with Gasteiger partial charge in [-0.1, -0.05) is 0 Å². The molecule has 1 saturated heterocycles. The van der Waals surface area contributed by atoms with Gasteiger partial charge in [0.2, 0.25) is 5.88 Å². The normalized spacial score (nSPS) is 18.0. The van der Waals surface area contributed by atoms with E-state index in [-0.39, 0.29) is 6.54 Å². The van der Waals surface area contributed by atoms with Gasteiger partial charge in [0.15, 0.2) is 11.5 Å². The van der Waals surface area contributed by atoms with Gasteiger partial charge in [-0.15, -0.1) is 0 Å². The second-order valence-electron chi connectivity index (χ2n) is 8.30. The Balaban J connectivity index is 1.17. The number of cyclic esters (lactones) is 1. The summed E-state index contributed by atoms with van der Waals surface area (Å²) >= 11 is 0. The Morgan fingerprint density at radius 3 is 2.91 bits per heavy atom. The molecular formula is C24H26FN5O5. The Hall–Kier alpha value is -3.70. The fourth-order valence-electron chi connectivity index (χ4n) is 4.15. The molecule has 11 heteroatoms. The lowest BCUT2D eigenvalue weighted by Gasteiger charge is -2.21. The number of ether oxygens (including phenoxy) is 4. The van der Waals surface area contributed by atoms with Gasteiger partial charge >= 0.3 is 6.09 Å². The third-order valence-electron chi connectivity index (χ3n) is 6.05. The SMILES string of the molecule is COc1ccc2ncc(F)c(CNCC[C@@H](N)[C@H]3CN(c4ccc5c(c4)OCCO5)C(=O)O3)c2n1. The fraction of sp³-hybridized carbons (Fsp3) is 0.375. The van der Waals surface area contributed by atoms with Gasteiger partial charge in [-0.2, -0.15) is 0 Å². The van der Waals surface area contributed by atoms with Crippen LogP contribution in [0.4, 0.5) is 14.9 Å². The topological polar surface area (TPSA) is 121 Å². The molecular weight excluding hydrogens is 457 g/mol. The maximum absolute atomic E-state index is 14.5. The first-order valence-electron chi connectivity index (χ1n) is 11.4. The van der Waals surface area contributed by atoms with Gasteiger partial charge in [-0.05, 0) is 31.2 Å². The van der Waals surface area contributed by atoms with Crippen LogP contribution in [-0.4, -0.2) is 61.6 Å². The molecule has 0 radical (unpaired) electrons. The zero-order valence-corrected chi connectivity index (χ0v) is 19.2. The van der Waals surface area contributed by atoms with Crippen molar-refractivity contribution in [3.8, 4) is 17.4 Å². The molecule has 3 N–H and O–H groups in total. The number of pyridine rings is 2. The highest BCUT2D eigenvalue weighted by molar-refractivity contribution is 5.90. The first-order valence-corrected chi connectivity index (χ1v) is 11.4. The van der Waals surface area contributed by atoms with Gasteiger partial charge in [0.25, 0.3) is 0 Å². The van der Waals surface area contributed by atoms with Gasteiger partial charge in [0.05, 0.1) is 31.1 Å². The second-order valence-corrected chi connectivity index (χ2v) is 8.30. The van der Waals surface area contributed by atoms with Crippen LogP contribution in [0.1, 0.15) is 12.0 Å². The smallest absolute Gasteiger partial charge is 0.414 e. The summed E-state index contributed by atoms with van der Waals surface area (Å²) in [5.74, 6) is 1.19. The second kappa shape index (κ2) is 9.88. The predicted molar refractivity (Wildman–Crippen MR) is 125 cm³/mol. The summed E-state index contributed by atoms with van der Waals surface area (Å²) in [5, 5.41) is 3.20. The number of methoxy groups -OCH3 is 1. The molecule has 1 aromatic carbocycles. The minimum atomic E-state index is -0.470. The van der Waals surface area contributed by atoms with Crippen molar-refractivity contribution in [1.29, 1.82) is 0 Å². The number of rotatable bonds is 8. The number of benzene rings is 1. The lowest BCUT2D eigenvalue weighted by atomic mass is 10.1. The molecule has 2 aromatic heterocycles. The van der Waals surface area contributed by atoms with Crippen LogP contribution in [0.2, 0.25) is 0 Å². The number of carbonyl (C=O) groups is 1. The first kappa shape index (κ1) is 23.1. The van der Waals surface area contributed by atoms with Crippen LogP contribution in [0.3, 0.4) is 0 Å². The minimum Gasteiger partial charge on any atom is -0.486 e. The van der Waals surface area contributed by atoms with Crippen molar-refractivity contribution in [2.45, 2.75) is 25.1 Å². The van der Waals surface area contributed by atoms with E-state index in [2.05, 4.69) is 15.3 Å². The Labute approximate surface area is 201 Å². The van der Waals surface area contributed by atoms with Crippen LogP contribution in [0, 0.1) is 5.82 Å². The van der Waals surface area contributed by atoms with E-state index < -0.39 is 24.1 Å². The van der Waals surface area contributed by atoms with Crippen molar-refractivity contribution in [3.63, 3.8) is 0 Å². The summed E-state index contributed by atoms with van der Waals surface area (Å²) in [4.78, 5) is 22.4. The van der Waals surface area contributed by atoms with Crippen LogP contribution in [0.25, 0.3) is 11.0 Å². The van der Waals surface area contributed by atoms with Gasteiger partial charge in [-0.3, -0.25) is 9.88 Å². The zero-order valence-electron chi connectivity index (χ0n) is 19.2. The van der Waals surface area contributed by atoms with Crippen molar-refractivity contribution in [3.05, 3.63) is 47.9 Å². The summed E-state index contributed by atoms with van der Waals surface area (Å²) in [7, 11) is 1.50. The molecule has 0 unspecified atom stereocenters. The zero-order chi connectivity index (χ0) is 24.4. The van der Waals surface area contributed by atoms with Crippen molar-refractivity contribution in [2.75, 3.05) is 38.3 Å². The monoisotopic (exact) mass is 483 g/mol. The van der Waals surface area contributed by atoms with Crippen LogP contribution in [0.5, 0.6) is 17.4 Å². The summed E-state index contributed by atoms with van der Waals surface area (Å²) < 4.78 is 36.3. The van der Waals surface area contributed by atoms with E-state index in [0.29, 0.717) is 72.4 Å². The Kier molecular flexibility index (Phi) is 6.51. The Morgan fingerprint density at radius 1 is 1.26 bits per heavy atom. The summed E-state index contributed by atoms with van der Waals surface area (Å²) in [6, 6.07) is 8.36. The predicted octanol–water partition coefficient (Wildman–Crippen LogP) is 2.38. The van der Waals surface area contributed by atoms with Gasteiger partial charge in [0, 0.05) is 30.3 Å². The van der Waals surface area contributed by atoms with Gasteiger partial charge < -0.3 is 30.0 Å². The average molecular weight is 484 g/mol. The van der Waals surface area contributed by atoms with Crippen molar-refractivity contribution in [2.24, 2.45) is 5.73 Å². The third-order valence-corrected chi connectivity index (χ3v) is 6.05. The van der Waals surface area contributed by atoms with E-state index in [0.717, 1.165) is 0 Å². The molecule has 0 spiro atoms. The largest absolute Gasteiger partial charge is 0.486 e. The molecule has 10 nitrogen and oxygen atoms in total. The number of carbonyl (C=O) groups excluding carboxylic acids is 1. The van der Waals surface area contributed by atoms with Crippen LogP contribution >= 0.6 is 0 Å². The van der Waals surface area contributed by atoms with Crippen molar-refractivity contribution >= 4 is 22.8 Å². The molecule has 4 heterocycles. The van der Waals surface area contributed by atoms with E-state index >= 15 is 0 Å². The van der Waals surface area contributed by atoms with Crippen molar-refractivity contribution < 1.29 is 28.1 Å². The minimum absolute atomic E-state index is 0.242. The molecule has 1 amide bonds. The van der Waals surface area contributed by atoms with Crippen LogP contribution < -0.4 is 30.2 Å². The summed E-state index contributed by atoms with van der Waals surface area (Å²) in [5.41, 5.74) is 8.42. The number of anilines is 1. The van der Waals surface area contributed by atoms with Crippen LogP contribution in [0.15, 0.2) is 36.5 Å². The van der Waals surface area contributed by atoms with Crippen molar-refractivity contribution in [1.82, 2.24) is 15.3 Å². The van der Waals surface area contributed by atoms with E-state index in [1.165, 1.54) is 18.2 Å². The number of hydrogen-bond acceptors (Lipinski definition) is 9. The maximum atomic E-state index is 14.5. The standard InChI is InChI=1S/C24H26FN5O5/c1-32-22-5-3-18-23(29-22)15(16(25)12-28-18)11-27-7-6-17(26)21-13-30(24(31)35-21)14-2-4-19-20(10-14)34-9-8-33-19/h2-5,10,12,17,21,27H,6-9,11,13,26H2,1H3/t17-,21-/m1/s1. The number of nitrogens with two attached hydrogens (primary N) is 1. The highest BCUT2D eigenvalue weighted by Crippen LogP contribution is 2.35. The Morgan fingerprint density at radius 2 is 2.09 bits per heavy atom. The van der Waals surface area contributed by atoms with E-state index in [4.69, 9.17) is 24.7 Å². The molecule has 2 aliphatic heterocycles. The number of aromatic nitrogens is 2. The van der Waals surface area contributed by atoms with E-state index in [1.54, 1.807) is 30.3 Å². The quantitative estimate of drug-likeness (QED) is 0.465. The molecule has 0 aliphatic carbocycles. The number of fused-ring (bicyclic) bond motifs is 2. The molecule has 3 aromatic rings. The molecule has 184 valence electrons. The van der Waals surface area contributed by atoms with E-state index in [1.807, 2.05) is 0 Å². The summed E-state index contributed by atoms with van der Waals surface area (Å²) in [6.07, 6.45) is 0.778. The lowest BCUT2D eigenvalue weighted by molar-refractivity contribution is 0.124. The highest BCUT2D eigenvalue weighted by Gasteiger charge is 2.36. The maximum Gasteiger partial charge on any atom is 0.414 e. The summed E-state index contributed by atoms with van der Waals surface area (Å²) in [6.45, 7) is 2.02. The fourth-order valence-corrected chi connectivity index (χ4v) is 4.15. The van der Waals surface area contributed by atoms with E-state index in [9.17, 15) is 9.18 Å². The molecule has 0 saturated carbocycles. The molecule has 0 bridgehead atoms.